The molecule has 0 aliphatic carbocycles. The summed E-state index contributed by atoms with van der Waals surface area (Å²) >= 11 is 1.61. The van der Waals surface area contributed by atoms with Crippen LogP contribution >= 0.6 is 11.8 Å². The van der Waals surface area contributed by atoms with E-state index in [9.17, 15) is 14.4 Å². The second-order valence-corrected chi connectivity index (χ2v) is 5.54. The van der Waals surface area contributed by atoms with Crippen LogP contribution in [0.1, 0.15) is 33.6 Å². The molecule has 6 heteroatoms. The number of carbonyl (C=O) groups is 3. The smallest absolute Gasteiger partial charge is 0.217 e. The molecule has 0 aliphatic heterocycles. The molecule has 0 aliphatic rings. The predicted molar refractivity (Wildman–Crippen MR) is 78.4 cm³/mol. The van der Waals surface area contributed by atoms with E-state index < -0.39 is 6.04 Å². The van der Waals surface area contributed by atoms with Gasteiger partial charge in [-0.3, -0.25) is 14.4 Å². The number of carbonyl (C=O) groups excluding carboxylic acids is 3. The largest absolute Gasteiger partial charge is 0.347 e. The monoisotopic (exact) mass is 288 g/mol. The Morgan fingerprint density at radius 2 is 1.79 bits per heavy atom. The zero-order valence-electron chi connectivity index (χ0n) is 12.1. The van der Waals surface area contributed by atoms with Crippen LogP contribution in [0.15, 0.2) is 0 Å². The maximum atomic E-state index is 11.6. The Bertz CT molecular complexity index is 321. The highest BCUT2D eigenvalue weighted by atomic mass is 32.2. The Morgan fingerprint density at radius 3 is 2.21 bits per heavy atom. The van der Waals surface area contributed by atoms with Crippen molar-refractivity contribution in [1.29, 1.82) is 0 Å². The maximum absolute atomic E-state index is 11.6. The fraction of sp³-hybridized carbons (Fsp3) is 0.769. The fourth-order valence-corrected chi connectivity index (χ4v) is 2.82. The summed E-state index contributed by atoms with van der Waals surface area (Å²) in [6, 6.07) is -0.550. The van der Waals surface area contributed by atoms with Gasteiger partial charge >= 0.3 is 0 Å². The lowest BCUT2D eigenvalue weighted by molar-refractivity contribution is -0.126. The van der Waals surface area contributed by atoms with E-state index in [1.165, 1.54) is 6.92 Å². The first-order chi connectivity index (χ1) is 8.92. The Hall–Kier alpha value is -0.880. The summed E-state index contributed by atoms with van der Waals surface area (Å²) in [4.78, 5) is 33.9. The molecule has 0 radical (unpaired) electrons. The van der Waals surface area contributed by atoms with Gasteiger partial charge in [0.05, 0.1) is 12.1 Å². The highest BCUT2D eigenvalue weighted by molar-refractivity contribution is 7.99. The fourth-order valence-electron chi connectivity index (χ4n) is 1.61. The number of likely N-dealkylation sites (N-methyl/N-ethyl adjacent to an activating group) is 1. The van der Waals surface area contributed by atoms with Gasteiger partial charge in [-0.1, -0.05) is 6.92 Å². The van der Waals surface area contributed by atoms with Crippen molar-refractivity contribution in [3.8, 4) is 0 Å². The quantitative estimate of drug-likeness (QED) is 0.581. The number of nitrogens with one attached hydrogen (secondary N) is 2. The molecule has 2 atom stereocenters. The van der Waals surface area contributed by atoms with E-state index in [1.54, 1.807) is 32.7 Å². The predicted octanol–water partition coefficient (Wildman–Crippen LogP) is 0.770. The van der Waals surface area contributed by atoms with Gasteiger partial charge in [0.1, 0.15) is 5.78 Å². The van der Waals surface area contributed by atoms with Gasteiger partial charge in [-0.2, -0.15) is 11.8 Å². The lowest BCUT2D eigenvalue weighted by Crippen LogP contribution is -2.40. The SMILES string of the molecule is CCC(=O)C(CCSCC(NC)C(C)=O)NC(C)=O. The van der Waals surface area contributed by atoms with Gasteiger partial charge in [-0.25, -0.2) is 0 Å². The van der Waals surface area contributed by atoms with Crippen molar-refractivity contribution < 1.29 is 14.4 Å². The second kappa shape index (κ2) is 9.97. The van der Waals surface area contributed by atoms with Crippen molar-refractivity contribution >= 4 is 29.2 Å². The van der Waals surface area contributed by atoms with E-state index in [-0.39, 0.29) is 23.5 Å². The molecule has 0 fully saturated rings. The van der Waals surface area contributed by atoms with E-state index in [2.05, 4.69) is 10.6 Å². The number of thioether (sulfide) groups is 1. The van der Waals surface area contributed by atoms with Gasteiger partial charge in [0, 0.05) is 19.1 Å². The summed E-state index contributed by atoms with van der Waals surface area (Å²) in [5.74, 6) is 1.39. The van der Waals surface area contributed by atoms with Gasteiger partial charge in [0.2, 0.25) is 5.91 Å². The first-order valence-corrected chi connectivity index (χ1v) is 7.63. The van der Waals surface area contributed by atoms with Crippen LogP contribution in [0.5, 0.6) is 0 Å². The van der Waals surface area contributed by atoms with Crippen molar-refractivity contribution in [2.75, 3.05) is 18.6 Å². The lowest BCUT2D eigenvalue weighted by Gasteiger charge is -2.17. The number of hydrogen-bond donors (Lipinski definition) is 2. The van der Waals surface area contributed by atoms with Crippen LogP contribution in [-0.2, 0) is 14.4 Å². The molecule has 110 valence electrons. The lowest BCUT2D eigenvalue weighted by atomic mass is 10.1. The molecule has 0 bridgehead atoms. The number of ketones is 2. The van der Waals surface area contributed by atoms with E-state index in [1.807, 2.05) is 0 Å². The van der Waals surface area contributed by atoms with Crippen LogP contribution in [0.2, 0.25) is 0 Å². The van der Waals surface area contributed by atoms with Gasteiger partial charge in [0.25, 0.3) is 0 Å². The molecule has 0 aromatic carbocycles. The standard InChI is InChI=1S/C13H24N2O3S/c1-5-13(18)11(15-10(3)17)6-7-19-8-12(14-4)9(2)16/h11-12,14H,5-8H2,1-4H3,(H,15,17). The minimum atomic E-state index is -0.402. The van der Waals surface area contributed by atoms with Crippen LogP contribution in [0.3, 0.4) is 0 Å². The molecule has 0 saturated carbocycles. The molecule has 0 saturated heterocycles. The Morgan fingerprint density at radius 1 is 1.16 bits per heavy atom. The first-order valence-electron chi connectivity index (χ1n) is 6.47. The van der Waals surface area contributed by atoms with Gasteiger partial charge in [-0.05, 0) is 26.1 Å². The molecule has 1 amide bonds. The minimum absolute atomic E-state index is 0.0486. The zero-order valence-corrected chi connectivity index (χ0v) is 12.9. The normalized spacial score (nSPS) is 13.7. The topological polar surface area (TPSA) is 75.3 Å². The third-order valence-corrected chi connectivity index (χ3v) is 3.88. The van der Waals surface area contributed by atoms with E-state index in [0.29, 0.717) is 18.6 Å². The summed E-state index contributed by atoms with van der Waals surface area (Å²) < 4.78 is 0. The Kier molecular flexibility index (Phi) is 9.51. The summed E-state index contributed by atoms with van der Waals surface area (Å²) in [5.41, 5.74) is 0. The molecule has 0 rings (SSSR count). The average molecular weight is 288 g/mol. The highest BCUT2D eigenvalue weighted by Gasteiger charge is 2.18. The molecule has 19 heavy (non-hydrogen) atoms. The molecule has 2 N–H and O–H groups in total. The molecule has 0 heterocycles. The van der Waals surface area contributed by atoms with Gasteiger partial charge in [-0.15, -0.1) is 0 Å². The van der Waals surface area contributed by atoms with Crippen molar-refractivity contribution in [2.24, 2.45) is 0 Å². The molecular formula is C13H24N2O3S. The second-order valence-electron chi connectivity index (χ2n) is 4.39. The van der Waals surface area contributed by atoms with Crippen LogP contribution in [0.25, 0.3) is 0 Å². The summed E-state index contributed by atoms with van der Waals surface area (Å²) in [6.07, 6.45) is 1.02. The molecule has 2 unspecified atom stereocenters. The van der Waals surface area contributed by atoms with E-state index >= 15 is 0 Å². The third-order valence-electron chi connectivity index (χ3n) is 2.79. The summed E-state index contributed by atoms with van der Waals surface area (Å²) in [5, 5.41) is 5.62. The van der Waals surface area contributed by atoms with E-state index in [4.69, 9.17) is 0 Å². The number of hydrogen-bond acceptors (Lipinski definition) is 5. The minimum Gasteiger partial charge on any atom is -0.347 e. The zero-order chi connectivity index (χ0) is 14.8. The number of amides is 1. The van der Waals surface area contributed by atoms with Crippen LogP contribution < -0.4 is 10.6 Å². The number of rotatable bonds is 10. The summed E-state index contributed by atoms with van der Waals surface area (Å²) in [6.45, 7) is 4.76. The van der Waals surface area contributed by atoms with Crippen LogP contribution in [0.4, 0.5) is 0 Å². The highest BCUT2D eigenvalue weighted by Crippen LogP contribution is 2.09. The van der Waals surface area contributed by atoms with Crippen molar-refractivity contribution in [3.05, 3.63) is 0 Å². The molecule has 5 nitrogen and oxygen atoms in total. The summed E-state index contributed by atoms with van der Waals surface area (Å²) in [7, 11) is 1.76. The Labute approximate surface area is 119 Å². The molecule has 0 aromatic heterocycles. The molecular weight excluding hydrogens is 264 g/mol. The van der Waals surface area contributed by atoms with Crippen molar-refractivity contribution in [2.45, 2.75) is 45.7 Å². The van der Waals surface area contributed by atoms with Crippen molar-refractivity contribution in [1.82, 2.24) is 10.6 Å². The van der Waals surface area contributed by atoms with Crippen LogP contribution in [-0.4, -0.2) is 48.1 Å². The van der Waals surface area contributed by atoms with E-state index in [0.717, 1.165) is 5.75 Å². The maximum Gasteiger partial charge on any atom is 0.217 e. The molecule has 0 spiro atoms. The third kappa shape index (κ3) is 8.00. The number of Topliss-reactive ketones (excluding diaryl/α,β-unsaturated/α-hetero) is 2. The molecule has 0 aromatic rings. The van der Waals surface area contributed by atoms with Gasteiger partial charge in [0.15, 0.2) is 5.78 Å². The van der Waals surface area contributed by atoms with Crippen molar-refractivity contribution in [3.63, 3.8) is 0 Å². The average Bonchev–Trinajstić information content (AvgIpc) is 2.35. The van der Waals surface area contributed by atoms with Crippen LogP contribution in [0, 0.1) is 0 Å². The first kappa shape index (κ1) is 18.1. The van der Waals surface area contributed by atoms with Gasteiger partial charge < -0.3 is 10.6 Å². The Balaban J connectivity index is 4.08.